The number of rotatable bonds is 10. The Hall–Kier alpha value is -2.26. The summed E-state index contributed by atoms with van der Waals surface area (Å²) in [6.45, 7) is 7.55. The molecule has 0 amide bonds. The van der Waals surface area contributed by atoms with Crippen LogP contribution in [0, 0.1) is 0 Å². The van der Waals surface area contributed by atoms with Crippen LogP contribution in [0.3, 0.4) is 0 Å². The zero-order valence-electron chi connectivity index (χ0n) is 14.5. The highest BCUT2D eigenvalue weighted by atomic mass is 16.5. The average Bonchev–Trinajstić information content (AvgIpc) is 2.61. The molecule has 0 saturated heterocycles. The molecule has 3 heteroatoms. The Morgan fingerprint density at radius 1 is 1.08 bits per heavy atom. The SMILES string of the molecule is C=CCc1cc(CN)cc(OCC)c1OCCCc1ccccc1. The van der Waals surface area contributed by atoms with Crippen molar-refractivity contribution in [3.05, 3.63) is 71.8 Å². The van der Waals surface area contributed by atoms with Crippen LogP contribution in [0.4, 0.5) is 0 Å². The molecule has 0 aromatic heterocycles. The first-order valence-corrected chi connectivity index (χ1v) is 8.54. The number of aryl methyl sites for hydroxylation is 1. The molecule has 24 heavy (non-hydrogen) atoms. The van der Waals surface area contributed by atoms with Crippen molar-refractivity contribution >= 4 is 0 Å². The monoisotopic (exact) mass is 325 g/mol. The molecule has 0 atom stereocenters. The molecule has 2 N–H and O–H groups in total. The van der Waals surface area contributed by atoms with Crippen LogP contribution in [-0.4, -0.2) is 13.2 Å². The normalized spacial score (nSPS) is 10.4. The zero-order chi connectivity index (χ0) is 17.2. The van der Waals surface area contributed by atoms with Crippen molar-refractivity contribution in [3.63, 3.8) is 0 Å². The van der Waals surface area contributed by atoms with E-state index in [0.29, 0.717) is 19.8 Å². The molecule has 0 spiro atoms. The topological polar surface area (TPSA) is 44.5 Å². The minimum atomic E-state index is 0.485. The molecule has 2 rings (SSSR count). The van der Waals surface area contributed by atoms with E-state index in [1.54, 1.807) is 0 Å². The molecule has 0 aliphatic carbocycles. The van der Waals surface area contributed by atoms with Gasteiger partial charge in [0.15, 0.2) is 11.5 Å². The Balaban J connectivity index is 2.07. The first-order valence-electron chi connectivity index (χ1n) is 8.54. The zero-order valence-corrected chi connectivity index (χ0v) is 14.5. The van der Waals surface area contributed by atoms with Gasteiger partial charge >= 0.3 is 0 Å². The lowest BCUT2D eigenvalue weighted by Gasteiger charge is -2.17. The molecule has 3 nitrogen and oxygen atoms in total. The van der Waals surface area contributed by atoms with Gasteiger partial charge in [0, 0.05) is 12.1 Å². The number of benzene rings is 2. The number of allylic oxidation sites excluding steroid dienone is 1. The third kappa shape index (κ3) is 5.14. The molecule has 0 fully saturated rings. The van der Waals surface area contributed by atoms with Crippen LogP contribution in [0.2, 0.25) is 0 Å². The van der Waals surface area contributed by atoms with Crippen LogP contribution in [0.5, 0.6) is 11.5 Å². The summed E-state index contributed by atoms with van der Waals surface area (Å²) in [5.41, 5.74) is 9.25. The lowest BCUT2D eigenvalue weighted by atomic mass is 10.1. The molecule has 0 aliphatic rings. The highest BCUT2D eigenvalue weighted by Gasteiger charge is 2.13. The third-order valence-corrected chi connectivity index (χ3v) is 3.79. The van der Waals surface area contributed by atoms with E-state index in [0.717, 1.165) is 41.9 Å². The highest BCUT2D eigenvalue weighted by molar-refractivity contribution is 5.50. The fraction of sp³-hybridized carbons (Fsp3) is 0.333. The molecular weight excluding hydrogens is 298 g/mol. The van der Waals surface area contributed by atoms with E-state index < -0.39 is 0 Å². The summed E-state index contributed by atoms with van der Waals surface area (Å²) in [6, 6.07) is 14.5. The second-order valence-corrected chi connectivity index (χ2v) is 5.65. The van der Waals surface area contributed by atoms with Gasteiger partial charge in [0.2, 0.25) is 0 Å². The van der Waals surface area contributed by atoms with Crippen molar-refractivity contribution in [2.75, 3.05) is 13.2 Å². The first kappa shape index (κ1) is 18.1. The Bertz CT molecular complexity index is 638. The van der Waals surface area contributed by atoms with E-state index in [2.05, 4.69) is 36.9 Å². The summed E-state index contributed by atoms with van der Waals surface area (Å²) in [5.74, 6) is 1.60. The maximum atomic E-state index is 6.08. The van der Waals surface area contributed by atoms with Crippen molar-refractivity contribution in [2.45, 2.75) is 32.7 Å². The van der Waals surface area contributed by atoms with Gasteiger partial charge in [-0.1, -0.05) is 42.5 Å². The predicted octanol–water partition coefficient (Wildman–Crippen LogP) is 4.28. The highest BCUT2D eigenvalue weighted by Crippen LogP contribution is 2.34. The van der Waals surface area contributed by atoms with Gasteiger partial charge in [0.25, 0.3) is 0 Å². The van der Waals surface area contributed by atoms with E-state index in [-0.39, 0.29) is 0 Å². The van der Waals surface area contributed by atoms with Crippen LogP contribution >= 0.6 is 0 Å². The molecule has 0 unspecified atom stereocenters. The van der Waals surface area contributed by atoms with Gasteiger partial charge in [-0.15, -0.1) is 6.58 Å². The second-order valence-electron chi connectivity index (χ2n) is 5.65. The summed E-state index contributed by atoms with van der Waals surface area (Å²) in [4.78, 5) is 0. The fourth-order valence-electron chi connectivity index (χ4n) is 2.67. The predicted molar refractivity (Wildman–Crippen MR) is 99.7 cm³/mol. The van der Waals surface area contributed by atoms with E-state index in [1.165, 1.54) is 5.56 Å². The molecule has 0 radical (unpaired) electrons. The maximum absolute atomic E-state index is 6.08. The first-order chi connectivity index (χ1) is 11.8. The lowest BCUT2D eigenvalue weighted by molar-refractivity contribution is 0.271. The van der Waals surface area contributed by atoms with Gasteiger partial charge in [0.05, 0.1) is 13.2 Å². The van der Waals surface area contributed by atoms with Gasteiger partial charge in [-0.25, -0.2) is 0 Å². The molecule has 2 aromatic rings. The minimum Gasteiger partial charge on any atom is -0.490 e. The van der Waals surface area contributed by atoms with Crippen LogP contribution in [0.15, 0.2) is 55.1 Å². The lowest BCUT2D eigenvalue weighted by Crippen LogP contribution is -2.07. The summed E-state index contributed by atoms with van der Waals surface area (Å²) in [6.07, 6.45) is 4.58. The van der Waals surface area contributed by atoms with Crippen LogP contribution in [0.25, 0.3) is 0 Å². The van der Waals surface area contributed by atoms with Crippen LogP contribution < -0.4 is 15.2 Å². The summed E-state index contributed by atoms with van der Waals surface area (Å²) in [7, 11) is 0. The largest absolute Gasteiger partial charge is 0.490 e. The molecule has 0 bridgehead atoms. The Labute approximate surface area is 145 Å². The van der Waals surface area contributed by atoms with Gasteiger partial charge in [0.1, 0.15) is 0 Å². The van der Waals surface area contributed by atoms with Gasteiger partial charge < -0.3 is 15.2 Å². The number of nitrogens with two attached hydrogens (primary N) is 1. The Morgan fingerprint density at radius 3 is 2.54 bits per heavy atom. The molecule has 0 aliphatic heterocycles. The summed E-state index contributed by atoms with van der Waals surface area (Å²) >= 11 is 0. The van der Waals surface area contributed by atoms with Crippen LogP contribution in [-0.2, 0) is 19.4 Å². The van der Waals surface area contributed by atoms with E-state index in [9.17, 15) is 0 Å². The van der Waals surface area contributed by atoms with E-state index in [4.69, 9.17) is 15.2 Å². The average molecular weight is 325 g/mol. The number of hydrogen-bond acceptors (Lipinski definition) is 3. The van der Waals surface area contributed by atoms with E-state index >= 15 is 0 Å². The Kier molecular flexibility index (Phi) is 7.37. The molecule has 0 saturated carbocycles. The summed E-state index contributed by atoms with van der Waals surface area (Å²) in [5, 5.41) is 0. The van der Waals surface area contributed by atoms with Crippen molar-refractivity contribution in [1.82, 2.24) is 0 Å². The summed E-state index contributed by atoms with van der Waals surface area (Å²) < 4.78 is 11.8. The third-order valence-electron chi connectivity index (χ3n) is 3.79. The molecular formula is C21H27NO2. The van der Waals surface area contributed by atoms with Crippen molar-refractivity contribution in [1.29, 1.82) is 0 Å². The smallest absolute Gasteiger partial charge is 0.164 e. The van der Waals surface area contributed by atoms with Gasteiger partial charge in [-0.05, 0) is 43.4 Å². The maximum Gasteiger partial charge on any atom is 0.164 e. The van der Waals surface area contributed by atoms with Gasteiger partial charge in [-0.2, -0.15) is 0 Å². The standard InChI is InChI=1S/C21H27NO2/c1-3-9-19-14-18(16-22)15-20(23-4-2)21(19)24-13-8-12-17-10-6-5-7-11-17/h3,5-7,10-11,14-15H,1,4,8-9,12-13,16,22H2,2H3. The van der Waals surface area contributed by atoms with Crippen molar-refractivity contribution < 1.29 is 9.47 Å². The quantitative estimate of drug-likeness (QED) is 0.524. The molecule has 128 valence electrons. The number of hydrogen-bond donors (Lipinski definition) is 1. The van der Waals surface area contributed by atoms with Crippen LogP contribution in [0.1, 0.15) is 30.0 Å². The van der Waals surface area contributed by atoms with Crippen molar-refractivity contribution in [3.8, 4) is 11.5 Å². The Morgan fingerprint density at radius 2 is 1.88 bits per heavy atom. The second kappa shape index (κ2) is 9.78. The fourth-order valence-corrected chi connectivity index (χ4v) is 2.67. The molecule has 2 aromatic carbocycles. The minimum absolute atomic E-state index is 0.485. The van der Waals surface area contributed by atoms with E-state index in [1.807, 2.05) is 25.1 Å². The molecule has 0 heterocycles. The van der Waals surface area contributed by atoms with Gasteiger partial charge in [-0.3, -0.25) is 0 Å². The number of ether oxygens (including phenoxy) is 2. The van der Waals surface area contributed by atoms with Crippen molar-refractivity contribution in [2.24, 2.45) is 5.73 Å².